The Balaban J connectivity index is 1.92. The number of aromatic nitrogens is 1. The Bertz CT molecular complexity index is 810. The highest BCUT2D eigenvalue weighted by Crippen LogP contribution is 2.26. The van der Waals surface area contributed by atoms with E-state index in [0.29, 0.717) is 12.0 Å². The van der Waals surface area contributed by atoms with Gasteiger partial charge in [0.25, 0.3) is 0 Å². The molecule has 0 fully saturated rings. The molecule has 0 saturated carbocycles. The Morgan fingerprint density at radius 2 is 2.14 bits per heavy atom. The minimum absolute atomic E-state index is 0.291. The molecule has 0 aliphatic rings. The molecule has 4 nitrogen and oxygen atoms in total. The van der Waals surface area contributed by atoms with Crippen LogP contribution in [-0.4, -0.2) is 23.2 Å². The van der Waals surface area contributed by atoms with Gasteiger partial charge in [-0.2, -0.15) is 0 Å². The largest absolute Gasteiger partial charge is 0.497 e. The first-order chi connectivity index (χ1) is 10.2. The number of methoxy groups -OCH3 is 1. The highest BCUT2D eigenvalue weighted by Gasteiger charge is 2.09. The van der Waals surface area contributed by atoms with Gasteiger partial charge in [0.2, 0.25) is 0 Å². The maximum atomic E-state index is 11.0. The molecule has 5 heteroatoms. The third kappa shape index (κ3) is 2.87. The molecule has 0 amide bonds. The summed E-state index contributed by atoms with van der Waals surface area (Å²) in [5.74, 6) is -0.0959. The summed E-state index contributed by atoms with van der Waals surface area (Å²) in [4.78, 5) is 15.5. The van der Waals surface area contributed by atoms with Crippen LogP contribution >= 0.6 is 11.3 Å². The summed E-state index contributed by atoms with van der Waals surface area (Å²) < 4.78 is 6.11. The van der Waals surface area contributed by atoms with Crippen LogP contribution in [0.15, 0.2) is 42.5 Å². The highest BCUT2D eigenvalue weighted by molar-refractivity contribution is 7.18. The lowest BCUT2D eigenvalue weighted by Gasteiger charge is -2.02. The van der Waals surface area contributed by atoms with Crippen LogP contribution in [-0.2, 0) is 6.42 Å². The van der Waals surface area contributed by atoms with E-state index in [2.05, 4.69) is 4.98 Å². The average Bonchev–Trinajstić information content (AvgIpc) is 2.88. The Labute approximate surface area is 125 Å². The fourth-order valence-corrected chi connectivity index (χ4v) is 3.18. The molecule has 0 aliphatic carbocycles. The van der Waals surface area contributed by atoms with Crippen LogP contribution < -0.4 is 4.74 Å². The van der Waals surface area contributed by atoms with Crippen LogP contribution in [0.1, 0.15) is 20.9 Å². The molecule has 21 heavy (non-hydrogen) atoms. The number of carboxylic acid groups (broad SMARTS) is 1. The molecule has 1 aromatic heterocycles. The minimum atomic E-state index is -0.917. The summed E-state index contributed by atoms with van der Waals surface area (Å²) >= 11 is 1.52. The molecule has 0 saturated heterocycles. The number of thiazole rings is 1. The van der Waals surface area contributed by atoms with Crippen molar-refractivity contribution in [2.24, 2.45) is 0 Å². The van der Waals surface area contributed by atoms with E-state index in [0.717, 1.165) is 26.5 Å². The van der Waals surface area contributed by atoms with Gasteiger partial charge < -0.3 is 9.84 Å². The predicted molar refractivity (Wildman–Crippen MR) is 82.4 cm³/mol. The second-order valence-electron chi connectivity index (χ2n) is 4.62. The van der Waals surface area contributed by atoms with Crippen LogP contribution in [0.2, 0.25) is 0 Å². The first-order valence-electron chi connectivity index (χ1n) is 6.41. The van der Waals surface area contributed by atoms with Crippen LogP contribution in [0.25, 0.3) is 10.2 Å². The lowest BCUT2D eigenvalue weighted by Crippen LogP contribution is -1.94. The second-order valence-corrected chi connectivity index (χ2v) is 5.74. The normalized spacial score (nSPS) is 10.7. The number of aromatic carboxylic acids is 1. The van der Waals surface area contributed by atoms with Crippen molar-refractivity contribution < 1.29 is 14.6 Å². The molecule has 0 unspecified atom stereocenters. The number of nitrogens with zero attached hydrogens (tertiary/aromatic N) is 1. The molecule has 106 valence electrons. The van der Waals surface area contributed by atoms with Crippen molar-refractivity contribution in [3.05, 3.63) is 58.6 Å². The SMILES string of the molecule is COc1cccc(Cc2nc3ccc(C(=O)O)cc3s2)c1. The Kier molecular flexibility index (Phi) is 3.58. The standard InChI is InChI=1S/C16H13NO3S/c1-20-12-4-2-3-10(7-12)8-15-17-13-6-5-11(16(18)19)9-14(13)21-15/h2-7,9H,8H2,1H3,(H,18,19). The quantitative estimate of drug-likeness (QED) is 0.799. The number of ether oxygens (including phenoxy) is 1. The molecule has 3 rings (SSSR count). The Morgan fingerprint density at radius 3 is 2.90 bits per heavy atom. The average molecular weight is 299 g/mol. The lowest BCUT2D eigenvalue weighted by molar-refractivity contribution is 0.0697. The number of carbonyl (C=O) groups is 1. The van der Waals surface area contributed by atoms with Gasteiger partial charge in [0, 0.05) is 6.42 Å². The lowest BCUT2D eigenvalue weighted by atomic mass is 10.1. The van der Waals surface area contributed by atoms with Crippen LogP contribution in [0.3, 0.4) is 0 Å². The number of benzene rings is 2. The monoisotopic (exact) mass is 299 g/mol. The molecule has 1 N–H and O–H groups in total. The van der Waals surface area contributed by atoms with E-state index in [4.69, 9.17) is 9.84 Å². The summed E-state index contributed by atoms with van der Waals surface area (Å²) in [6, 6.07) is 12.9. The smallest absolute Gasteiger partial charge is 0.335 e. The van der Waals surface area contributed by atoms with Crippen molar-refractivity contribution in [1.29, 1.82) is 0 Å². The second kappa shape index (κ2) is 5.54. The Morgan fingerprint density at radius 1 is 1.29 bits per heavy atom. The summed E-state index contributed by atoms with van der Waals surface area (Å²) in [7, 11) is 1.64. The van der Waals surface area contributed by atoms with Gasteiger partial charge in [0.15, 0.2) is 0 Å². The maximum Gasteiger partial charge on any atom is 0.335 e. The molecule has 0 aliphatic heterocycles. The van der Waals surface area contributed by atoms with Gasteiger partial charge >= 0.3 is 5.97 Å². The third-order valence-electron chi connectivity index (χ3n) is 3.17. The van der Waals surface area contributed by atoms with E-state index in [-0.39, 0.29) is 0 Å². The van der Waals surface area contributed by atoms with Gasteiger partial charge in [0.1, 0.15) is 5.75 Å². The zero-order valence-corrected chi connectivity index (χ0v) is 12.2. The Hall–Kier alpha value is -2.40. The number of rotatable bonds is 4. The van der Waals surface area contributed by atoms with Gasteiger partial charge in [-0.3, -0.25) is 0 Å². The number of hydrogen-bond donors (Lipinski definition) is 1. The summed E-state index contributed by atoms with van der Waals surface area (Å²) in [5, 5.41) is 9.97. The predicted octanol–water partition coefficient (Wildman–Crippen LogP) is 3.59. The number of carboxylic acids is 1. The maximum absolute atomic E-state index is 11.0. The zero-order chi connectivity index (χ0) is 14.8. The van der Waals surface area contributed by atoms with Gasteiger partial charge in [0.05, 0.1) is 27.9 Å². The molecule has 0 atom stereocenters. The third-order valence-corrected chi connectivity index (χ3v) is 4.19. The van der Waals surface area contributed by atoms with Gasteiger partial charge in [-0.05, 0) is 35.9 Å². The molecule has 0 spiro atoms. The van der Waals surface area contributed by atoms with Crippen LogP contribution in [0.4, 0.5) is 0 Å². The first kappa shape index (κ1) is 13.6. The zero-order valence-electron chi connectivity index (χ0n) is 11.4. The van der Waals surface area contributed by atoms with Crippen LogP contribution in [0, 0.1) is 0 Å². The van der Waals surface area contributed by atoms with Crippen LogP contribution in [0.5, 0.6) is 5.75 Å². The van der Waals surface area contributed by atoms with Crippen molar-refractivity contribution >= 4 is 27.5 Å². The van der Waals surface area contributed by atoms with E-state index in [1.54, 1.807) is 25.3 Å². The summed E-state index contributed by atoms with van der Waals surface area (Å²) in [5.41, 5.74) is 2.24. The fourth-order valence-electron chi connectivity index (χ4n) is 2.14. The molecule has 0 radical (unpaired) electrons. The van der Waals surface area contributed by atoms with Crippen molar-refractivity contribution in [3.63, 3.8) is 0 Å². The van der Waals surface area contributed by atoms with E-state index in [1.807, 2.05) is 24.3 Å². The molecule has 2 aromatic carbocycles. The van der Waals surface area contributed by atoms with Gasteiger partial charge in [-0.15, -0.1) is 11.3 Å². The summed E-state index contributed by atoms with van der Waals surface area (Å²) in [6.45, 7) is 0. The highest BCUT2D eigenvalue weighted by atomic mass is 32.1. The van der Waals surface area contributed by atoms with Crippen molar-refractivity contribution in [1.82, 2.24) is 4.98 Å². The molecular weight excluding hydrogens is 286 g/mol. The summed E-state index contributed by atoms with van der Waals surface area (Å²) in [6.07, 6.45) is 0.707. The van der Waals surface area contributed by atoms with E-state index < -0.39 is 5.97 Å². The van der Waals surface area contributed by atoms with E-state index in [1.165, 1.54) is 11.3 Å². The molecule has 1 heterocycles. The number of fused-ring (bicyclic) bond motifs is 1. The first-order valence-corrected chi connectivity index (χ1v) is 7.23. The van der Waals surface area contributed by atoms with Crippen molar-refractivity contribution in [3.8, 4) is 5.75 Å². The molecule has 0 bridgehead atoms. The molecular formula is C16H13NO3S. The topological polar surface area (TPSA) is 59.4 Å². The van der Waals surface area contributed by atoms with E-state index in [9.17, 15) is 4.79 Å². The van der Waals surface area contributed by atoms with Gasteiger partial charge in [-0.1, -0.05) is 12.1 Å². The molecule has 3 aromatic rings. The van der Waals surface area contributed by atoms with Crippen molar-refractivity contribution in [2.45, 2.75) is 6.42 Å². The number of hydrogen-bond acceptors (Lipinski definition) is 4. The fraction of sp³-hybridized carbons (Fsp3) is 0.125. The van der Waals surface area contributed by atoms with Crippen molar-refractivity contribution in [2.75, 3.05) is 7.11 Å². The van der Waals surface area contributed by atoms with E-state index >= 15 is 0 Å². The minimum Gasteiger partial charge on any atom is -0.497 e. The van der Waals surface area contributed by atoms with Gasteiger partial charge in [-0.25, -0.2) is 9.78 Å².